The third-order valence-corrected chi connectivity index (χ3v) is 2.48. The maximum Gasteiger partial charge on any atom is 0.335 e. The van der Waals surface area contributed by atoms with Crippen LogP contribution in [0.15, 0.2) is 42.1 Å². The van der Waals surface area contributed by atoms with E-state index in [9.17, 15) is 4.79 Å². The smallest absolute Gasteiger partial charge is 0.335 e. The Labute approximate surface area is 109 Å². The van der Waals surface area contributed by atoms with E-state index in [0.29, 0.717) is 18.6 Å². The van der Waals surface area contributed by atoms with Crippen LogP contribution in [0.5, 0.6) is 0 Å². The highest BCUT2D eigenvalue weighted by atomic mass is 16.5. The molecular formula is C15H21NO2. The van der Waals surface area contributed by atoms with E-state index in [-0.39, 0.29) is 5.97 Å². The van der Waals surface area contributed by atoms with Crippen LogP contribution in [0.2, 0.25) is 0 Å². The van der Waals surface area contributed by atoms with Crippen molar-refractivity contribution in [1.82, 2.24) is 4.90 Å². The van der Waals surface area contributed by atoms with Crippen molar-refractivity contribution < 1.29 is 9.53 Å². The molecule has 0 amide bonds. The second-order valence-electron chi connectivity index (χ2n) is 4.32. The lowest BCUT2D eigenvalue weighted by Crippen LogP contribution is -2.13. The van der Waals surface area contributed by atoms with E-state index in [2.05, 4.69) is 12.1 Å². The van der Waals surface area contributed by atoms with Crippen molar-refractivity contribution in [3.05, 3.63) is 47.7 Å². The lowest BCUT2D eigenvalue weighted by atomic mass is 10.1. The summed E-state index contributed by atoms with van der Waals surface area (Å²) in [5.41, 5.74) is 1.94. The molecule has 0 aliphatic rings. The van der Waals surface area contributed by atoms with Crippen LogP contribution in [0.4, 0.5) is 0 Å². The first-order valence-electron chi connectivity index (χ1n) is 6.21. The van der Waals surface area contributed by atoms with Crippen molar-refractivity contribution in [2.45, 2.75) is 19.8 Å². The van der Waals surface area contributed by atoms with Crippen molar-refractivity contribution in [2.24, 2.45) is 0 Å². The number of hydrogen-bond donors (Lipinski definition) is 0. The first-order chi connectivity index (χ1) is 8.63. The summed E-state index contributed by atoms with van der Waals surface area (Å²) in [6, 6.07) is 10.1. The monoisotopic (exact) mass is 247 g/mol. The van der Waals surface area contributed by atoms with Crippen molar-refractivity contribution in [2.75, 3.05) is 20.7 Å². The average molecular weight is 247 g/mol. The van der Waals surface area contributed by atoms with Crippen LogP contribution in [0.25, 0.3) is 0 Å². The summed E-state index contributed by atoms with van der Waals surface area (Å²) >= 11 is 0. The van der Waals surface area contributed by atoms with E-state index in [0.717, 1.165) is 6.42 Å². The Bertz CT molecular complexity index is 396. The van der Waals surface area contributed by atoms with E-state index in [4.69, 9.17) is 4.74 Å². The van der Waals surface area contributed by atoms with Gasteiger partial charge >= 0.3 is 5.97 Å². The summed E-state index contributed by atoms with van der Waals surface area (Å²) in [5, 5.41) is 0. The van der Waals surface area contributed by atoms with Gasteiger partial charge in [-0.05, 0) is 25.3 Å². The number of benzene rings is 1. The van der Waals surface area contributed by atoms with Crippen molar-refractivity contribution in [3.8, 4) is 0 Å². The molecule has 1 rings (SSSR count). The maximum atomic E-state index is 11.8. The number of rotatable bonds is 6. The molecule has 0 saturated carbocycles. The van der Waals surface area contributed by atoms with Gasteiger partial charge in [-0.2, -0.15) is 0 Å². The fourth-order valence-electron chi connectivity index (χ4n) is 1.68. The van der Waals surface area contributed by atoms with Gasteiger partial charge in [-0.3, -0.25) is 0 Å². The normalized spacial score (nSPS) is 11.2. The molecule has 1 aromatic carbocycles. The van der Waals surface area contributed by atoms with Gasteiger partial charge in [0.05, 0.1) is 12.2 Å². The zero-order valence-electron chi connectivity index (χ0n) is 11.3. The van der Waals surface area contributed by atoms with Crippen LogP contribution in [0, 0.1) is 0 Å². The van der Waals surface area contributed by atoms with Gasteiger partial charge in [0.1, 0.15) is 0 Å². The van der Waals surface area contributed by atoms with Crippen LogP contribution in [0.1, 0.15) is 18.9 Å². The van der Waals surface area contributed by atoms with E-state index >= 15 is 0 Å². The van der Waals surface area contributed by atoms with Crippen LogP contribution in [-0.4, -0.2) is 31.6 Å². The molecular weight excluding hydrogens is 226 g/mol. The number of hydrogen-bond acceptors (Lipinski definition) is 3. The minimum atomic E-state index is -0.220. The fourth-order valence-corrected chi connectivity index (χ4v) is 1.68. The SMILES string of the molecule is CCOC(=O)/C(=C\N(C)C)CCc1ccccc1. The van der Waals surface area contributed by atoms with Gasteiger partial charge in [0.2, 0.25) is 0 Å². The number of nitrogens with zero attached hydrogens (tertiary/aromatic N) is 1. The summed E-state index contributed by atoms with van der Waals surface area (Å²) in [6.45, 7) is 2.23. The quantitative estimate of drug-likeness (QED) is 0.571. The van der Waals surface area contributed by atoms with E-state index in [1.165, 1.54) is 5.56 Å². The van der Waals surface area contributed by atoms with Gasteiger partial charge in [-0.15, -0.1) is 0 Å². The summed E-state index contributed by atoms with van der Waals surface area (Å²) in [6.07, 6.45) is 3.38. The molecule has 0 saturated heterocycles. The Balaban J connectivity index is 2.65. The fraction of sp³-hybridized carbons (Fsp3) is 0.400. The lowest BCUT2D eigenvalue weighted by molar-refractivity contribution is -0.138. The third kappa shape index (κ3) is 5.04. The first-order valence-corrected chi connectivity index (χ1v) is 6.21. The molecule has 18 heavy (non-hydrogen) atoms. The van der Waals surface area contributed by atoms with Crippen LogP contribution < -0.4 is 0 Å². The standard InChI is InChI=1S/C15H21NO2/c1-4-18-15(17)14(12-16(2)3)11-10-13-8-6-5-7-9-13/h5-9,12H,4,10-11H2,1-3H3/b14-12-. The number of carbonyl (C=O) groups excluding carboxylic acids is 1. The second-order valence-corrected chi connectivity index (χ2v) is 4.32. The predicted molar refractivity (Wildman–Crippen MR) is 73.2 cm³/mol. The van der Waals surface area contributed by atoms with Crippen LogP contribution >= 0.6 is 0 Å². The largest absolute Gasteiger partial charge is 0.463 e. The Morgan fingerprint density at radius 3 is 2.50 bits per heavy atom. The molecule has 0 aromatic heterocycles. The molecule has 0 fully saturated rings. The Morgan fingerprint density at radius 1 is 1.28 bits per heavy atom. The van der Waals surface area contributed by atoms with Gasteiger partial charge in [0.15, 0.2) is 0 Å². The van der Waals surface area contributed by atoms with E-state index < -0.39 is 0 Å². The van der Waals surface area contributed by atoms with E-state index in [1.54, 1.807) is 0 Å². The highest BCUT2D eigenvalue weighted by Gasteiger charge is 2.11. The van der Waals surface area contributed by atoms with Crippen molar-refractivity contribution in [1.29, 1.82) is 0 Å². The van der Waals surface area contributed by atoms with Crippen molar-refractivity contribution >= 4 is 5.97 Å². The molecule has 0 aliphatic heterocycles. The first kappa shape index (κ1) is 14.3. The molecule has 0 N–H and O–H groups in total. The summed E-state index contributed by atoms with van der Waals surface area (Å²) < 4.78 is 5.06. The Hall–Kier alpha value is -1.77. The molecule has 1 aromatic rings. The number of aryl methyl sites for hydroxylation is 1. The summed E-state index contributed by atoms with van der Waals surface area (Å²) in [5.74, 6) is -0.220. The zero-order chi connectivity index (χ0) is 13.4. The minimum Gasteiger partial charge on any atom is -0.463 e. The predicted octanol–water partition coefficient (Wildman–Crippen LogP) is 2.63. The average Bonchev–Trinajstić information content (AvgIpc) is 2.35. The third-order valence-electron chi connectivity index (χ3n) is 2.48. The van der Waals surface area contributed by atoms with Gasteiger partial charge in [-0.25, -0.2) is 4.79 Å². The molecule has 98 valence electrons. The zero-order valence-corrected chi connectivity index (χ0v) is 11.3. The molecule has 0 unspecified atom stereocenters. The van der Waals surface area contributed by atoms with E-state index in [1.807, 2.05) is 50.3 Å². The van der Waals surface area contributed by atoms with Crippen LogP contribution in [-0.2, 0) is 16.0 Å². The highest BCUT2D eigenvalue weighted by Crippen LogP contribution is 2.11. The van der Waals surface area contributed by atoms with Gasteiger partial charge in [0, 0.05) is 20.3 Å². The Kier molecular flexibility index (Phi) is 5.98. The second kappa shape index (κ2) is 7.54. The molecule has 0 bridgehead atoms. The van der Waals surface area contributed by atoms with Gasteiger partial charge < -0.3 is 9.64 Å². The molecule has 0 atom stereocenters. The number of esters is 1. The molecule has 0 radical (unpaired) electrons. The topological polar surface area (TPSA) is 29.5 Å². The Morgan fingerprint density at radius 2 is 1.94 bits per heavy atom. The minimum absolute atomic E-state index is 0.220. The summed E-state index contributed by atoms with van der Waals surface area (Å²) in [7, 11) is 3.81. The molecule has 3 nitrogen and oxygen atoms in total. The lowest BCUT2D eigenvalue weighted by Gasteiger charge is -2.11. The highest BCUT2D eigenvalue weighted by molar-refractivity contribution is 5.88. The van der Waals surface area contributed by atoms with Gasteiger partial charge in [0.25, 0.3) is 0 Å². The number of ether oxygens (including phenoxy) is 1. The molecule has 3 heteroatoms. The molecule has 0 spiro atoms. The molecule has 0 aliphatic carbocycles. The number of carbonyl (C=O) groups is 1. The summed E-state index contributed by atoms with van der Waals surface area (Å²) in [4.78, 5) is 13.7. The van der Waals surface area contributed by atoms with Gasteiger partial charge in [-0.1, -0.05) is 30.3 Å². The van der Waals surface area contributed by atoms with Crippen LogP contribution in [0.3, 0.4) is 0 Å². The molecule has 0 heterocycles. The van der Waals surface area contributed by atoms with Crippen molar-refractivity contribution in [3.63, 3.8) is 0 Å². The maximum absolute atomic E-state index is 11.8.